The van der Waals surface area contributed by atoms with Gasteiger partial charge in [-0.2, -0.15) is 0 Å². The molecular formula is C28H32MnN2O3P-3. The summed E-state index contributed by atoms with van der Waals surface area (Å²) in [6.07, 6.45) is 5.81. The van der Waals surface area contributed by atoms with E-state index in [0.29, 0.717) is 12.0 Å². The summed E-state index contributed by atoms with van der Waals surface area (Å²) in [5.41, 5.74) is 1.80. The second-order valence-corrected chi connectivity index (χ2v) is 10.5. The molecule has 4 rings (SSSR count). The first-order valence-corrected chi connectivity index (χ1v) is 12.7. The molecule has 2 unspecified atom stereocenters. The van der Waals surface area contributed by atoms with E-state index in [4.69, 9.17) is 19.7 Å². The average molecular weight is 530 g/mol. The van der Waals surface area contributed by atoms with Crippen molar-refractivity contribution in [1.82, 2.24) is 4.98 Å². The summed E-state index contributed by atoms with van der Waals surface area (Å²) in [5, 5.41) is 8.12. The van der Waals surface area contributed by atoms with Gasteiger partial charge < -0.3 is 19.7 Å². The Morgan fingerprint density at radius 3 is 1.83 bits per heavy atom. The Kier molecular flexibility index (Phi) is 18.4. The molecule has 1 aliphatic rings. The average Bonchev–Trinajstić information content (AvgIpc) is 3.42. The van der Waals surface area contributed by atoms with Gasteiger partial charge in [0.2, 0.25) is 0 Å². The number of aromatic nitrogens is 1. The van der Waals surface area contributed by atoms with E-state index in [9.17, 15) is 0 Å². The number of nitrogens with zero attached hydrogens (tertiary/aromatic N) is 2. The van der Waals surface area contributed by atoms with Crippen molar-refractivity contribution in [3.05, 3.63) is 96.1 Å². The predicted molar refractivity (Wildman–Crippen MR) is 143 cm³/mol. The maximum atomic E-state index is 7.75. The number of hydrogen-bond acceptors (Lipinski definition) is 4. The SMILES string of the molecule is C[C@@H]([N-]Cc1ccccn1)C1CCCC1[PH+](c1ccccc1)c1ccccc1.[CH-]=O.[CH-]=O.[CH-]=O.[Mn]. The van der Waals surface area contributed by atoms with E-state index in [-0.39, 0.29) is 17.1 Å². The van der Waals surface area contributed by atoms with E-state index < -0.39 is 7.92 Å². The van der Waals surface area contributed by atoms with E-state index in [2.05, 4.69) is 99.0 Å². The topological polar surface area (TPSA) is 78.2 Å². The van der Waals surface area contributed by atoms with Crippen LogP contribution in [0.1, 0.15) is 31.9 Å². The van der Waals surface area contributed by atoms with Crippen LogP contribution in [0.2, 0.25) is 0 Å². The summed E-state index contributed by atoms with van der Waals surface area (Å²) in [5.74, 6) is 0.665. The van der Waals surface area contributed by atoms with Gasteiger partial charge in [0.05, 0.1) is 24.2 Å². The van der Waals surface area contributed by atoms with Gasteiger partial charge in [0, 0.05) is 29.0 Å². The van der Waals surface area contributed by atoms with E-state index in [0.717, 1.165) is 17.9 Å². The van der Waals surface area contributed by atoms with Crippen LogP contribution in [0.5, 0.6) is 0 Å². The van der Waals surface area contributed by atoms with Gasteiger partial charge in [0.25, 0.3) is 0 Å². The normalized spacial score (nSPS) is 16.6. The Bertz CT molecular complexity index is 862. The second-order valence-electron chi connectivity index (χ2n) is 7.75. The summed E-state index contributed by atoms with van der Waals surface area (Å²) in [6, 6.07) is 28.9. The number of rotatable bonds is 7. The fraction of sp³-hybridized carbons (Fsp3) is 0.286. The van der Waals surface area contributed by atoms with Gasteiger partial charge in [-0.25, -0.2) is 0 Å². The van der Waals surface area contributed by atoms with Gasteiger partial charge in [0.1, 0.15) is 0 Å². The molecule has 2 aromatic carbocycles. The van der Waals surface area contributed by atoms with Crippen LogP contribution in [0.25, 0.3) is 5.32 Å². The van der Waals surface area contributed by atoms with Gasteiger partial charge in [-0.05, 0) is 61.6 Å². The first kappa shape index (κ1) is 32.5. The summed E-state index contributed by atoms with van der Waals surface area (Å²) in [6.45, 7) is 12.8. The molecular weight excluding hydrogens is 498 g/mol. The van der Waals surface area contributed by atoms with E-state index >= 15 is 0 Å². The molecule has 0 N–H and O–H groups in total. The minimum Gasteiger partial charge on any atom is -0.654 e. The molecule has 1 aromatic heterocycles. The molecule has 0 saturated heterocycles. The van der Waals surface area contributed by atoms with Crippen molar-refractivity contribution in [1.29, 1.82) is 0 Å². The Morgan fingerprint density at radius 2 is 1.34 bits per heavy atom. The van der Waals surface area contributed by atoms with Gasteiger partial charge in [-0.3, -0.25) is 25.4 Å². The van der Waals surface area contributed by atoms with Crippen molar-refractivity contribution >= 4 is 38.9 Å². The minimum atomic E-state index is -0.828. The first-order valence-electron chi connectivity index (χ1n) is 11.1. The van der Waals surface area contributed by atoms with Crippen molar-refractivity contribution in [3.63, 3.8) is 0 Å². The van der Waals surface area contributed by atoms with Crippen molar-refractivity contribution in [2.45, 2.75) is 44.4 Å². The Morgan fingerprint density at radius 1 is 0.829 bits per heavy atom. The molecule has 1 saturated carbocycles. The predicted octanol–water partition coefficient (Wildman–Crippen LogP) is 4.55. The van der Waals surface area contributed by atoms with Crippen LogP contribution in [-0.4, -0.2) is 37.1 Å². The maximum absolute atomic E-state index is 7.75. The zero-order chi connectivity index (χ0) is 25.2. The van der Waals surface area contributed by atoms with Crippen molar-refractivity contribution in [3.8, 4) is 0 Å². The van der Waals surface area contributed by atoms with E-state index in [1.807, 2.05) is 18.3 Å². The second kappa shape index (κ2) is 19.8. The molecule has 1 fully saturated rings. The van der Waals surface area contributed by atoms with Crippen LogP contribution in [-0.2, 0) is 38.0 Å². The van der Waals surface area contributed by atoms with Crippen LogP contribution >= 0.6 is 7.92 Å². The molecule has 7 heteroatoms. The smallest absolute Gasteiger partial charge is 0.0970 e. The number of carbonyl (C=O) groups excluding carboxylic acids is 3. The Balaban J connectivity index is 0.00000154. The minimum absolute atomic E-state index is 0. The molecule has 0 spiro atoms. The van der Waals surface area contributed by atoms with Crippen molar-refractivity contribution in [2.24, 2.45) is 5.92 Å². The largest absolute Gasteiger partial charge is 0.654 e. The molecule has 3 atom stereocenters. The molecule has 0 aliphatic heterocycles. The fourth-order valence-electron chi connectivity index (χ4n) is 4.62. The molecule has 1 radical (unpaired) electrons. The van der Waals surface area contributed by atoms with Gasteiger partial charge in [-0.15, -0.1) is 12.6 Å². The Hall–Kier alpha value is -2.49. The third-order valence-corrected chi connectivity index (χ3v) is 9.37. The fourth-order valence-corrected chi connectivity index (χ4v) is 8.28. The molecule has 1 heterocycles. The zero-order valence-electron chi connectivity index (χ0n) is 19.9. The quantitative estimate of drug-likeness (QED) is 0.194. The van der Waals surface area contributed by atoms with Gasteiger partial charge in [-0.1, -0.05) is 49.4 Å². The summed E-state index contributed by atoms with van der Waals surface area (Å²) < 4.78 is 0. The third-order valence-electron chi connectivity index (χ3n) is 6.00. The van der Waals surface area contributed by atoms with Crippen LogP contribution in [0.15, 0.2) is 85.1 Å². The first-order chi connectivity index (χ1) is 16.8. The van der Waals surface area contributed by atoms with Crippen molar-refractivity contribution < 1.29 is 31.5 Å². The Labute approximate surface area is 221 Å². The summed E-state index contributed by atoms with van der Waals surface area (Å²) in [4.78, 5) is 27.7. The van der Waals surface area contributed by atoms with Gasteiger partial charge >= 0.3 is 0 Å². The molecule has 1 aliphatic carbocycles. The number of benzene rings is 2. The molecule has 35 heavy (non-hydrogen) atoms. The molecule has 187 valence electrons. The molecule has 0 bridgehead atoms. The van der Waals surface area contributed by atoms with Gasteiger partial charge in [0.15, 0.2) is 0 Å². The summed E-state index contributed by atoms with van der Waals surface area (Å²) in [7, 11) is -0.828. The summed E-state index contributed by atoms with van der Waals surface area (Å²) >= 11 is 0. The van der Waals surface area contributed by atoms with E-state index in [1.54, 1.807) is 0 Å². The van der Waals surface area contributed by atoms with Crippen LogP contribution in [0.3, 0.4) is 0 Å². The number of hydrogen-bond donors (Lipinski definition) is 0. The van der Waals surface area contributed by atoms with Crippen LogP contribution in [0.4, 0.5) is 0 Å². The van der Waals surface area contributed by atoms with E-state index in [1.165, 1.54) is 29.9 Å². The van der Waals surface area contributed by atoms with Crippen molar-refractivity contribution in [2.75, 3.05) is 0 Å². The van der Waals surface area contributed by atoms with Crippen LogP contribution < -0.4 is 10.6 Å². The molecule has 3 aromatic rings. The molecule has 0 amide bonds. The molecule has 5 nitrogen and oxygen atoms in total. The standard InChI is InChI=1S/C25H28N2P.3CHO.Mn/c1-20(27-19-21-11-8-9-18-26-21)24-16-10-17-25(24)28(22-12-4-2-5-13-22)23-14-6-3-7-15-23;3*1-2;/h2-9,11-15,18,20,24-25H,10,16-17,19H2,1H3;3*1H;/q4*-1;/p+1/t20-,24?,25?;;;;/m1..../s1. The zero-order valence-corrected chi connectivity index (χ0v) is 22.1. The maximum Gasteiger partial charge on any atom is 0.0970 e. The monoisotopic (exact) mass is 530 g/mol. The number of pyridine rings is 1. The third kappa shape index (κ3) is 9.95. The van der Waals surface area contributed by atoms with Crippen LogP contribution in [0, 0.1) is 5.92 Å².